The number of halogens is 1. The van der Waals surface area contributed by atoms with Gasteiger partial charge in [0.25, 0.3) is 5.24 Å². The third-order valence-electron chi connectivity index (χ3n) is 2.30. The van der Waals surface area contributed by atoms with E-state index >= 15 is 0 Å². The van der Waals surface area contributed by atoms with Crippen LogP contribution in [0.4, 0.5) is 0 Å². The predicted molar refractivity (Wildman–Crippen MR) is 67.6 cm³/mol. The van der Waals surface area contributed by atoms with Gasteiger partial charge in [0.1, 0.15) is 0 Å². The Hall–Kier alpha value is -0.920. The zero-order chi connectivity index (χ0) is 14.3. The van der Waals surface area contributed by atoms with Crippen molar-refractivity contribution in [2.75, 3.05) is 12.5 Å². The Morgan fingerprint density at radius 2 is 1.39 bits per heavy atom. The number of hydrogen-bond acceptors (Lipinski definition) is 5. The van der Waals surface area contributed by atoms with Crippen LogP contribution in [0.25, 0.3) is 0 Å². The van der Waals surface area contributed by atoms with E-state index in [0.29, 0.717) is 5.56 Å². The van der Waals surface area contributed by atoms with Crippen LogP contribution in [-0.4, -0.2) is 34.6 Å². The van der Waals surface area contributed by atoms with Crippen molar-refractivity contribution in [2.24, 2.45) is 0 Å². The van der Waals surface area contributed by atoms with Gasteiger partial charge in [-0.05, 0) is 36.2 Å². The summed E-state index contributed by atoms with van der Waals surface area (Å²) in [5.41, 5.74) is 0.285. The van der Waals surface area contributed by atoms with Crippen molar-refractivity contribution in [1.29, 1.82) is 0 Å². The molecule has 0 spiro atoms. The largest absolute Gasteiger partial charge is 0.276 e. The molecule has 0 saturated carbocycles. The number of carbonyl (C=O) groups is 1. The fraction of sp³-hybridized carbons (Fsp3) is 0.300. The van der Waals surface area contributed by atoms with Crippen molar-refractivity contribution in [3.63, 3.8) is 0 Å². The van der Waals surface area contributed by atoms with Crippen LogP contribution < -0.4 is 0 Å². The SMILES string of the molecule is Cc1cc(S(C)(=O)=O)c(S(C)(=O)=O)cc1C(=O)Cl. The van der Waals surface area contributed by atoms with Gasteiger partial charge < -0.3 is 0 Å². The Labute approximate surface area is 111 Å². The standard InChI is InChI=1S/C10H11ClO5S2/c1-6-4-8(17(2,13)14)9(18(3,15)16)5-7(6)10(11)12/h4-5H,1-3H3. The molecule has 0 aliphatic carbocycles. The molecule has 0 unspecified atom stereocenters. The molecule has 0 fully saturated rings. The van der Waals surface area contributed by atoms with Crippen LogP contribution >= 0.6 is 11.6 Å². The van der Waals surface area contributed by atoms with Crippen LogP contribution in [0, 0.1) is 6.92 Å². The summed E-state index contributed by atoms with van der Waals surface area (Å²) in [6.45, 7) is 1.48. The first-order valence-corrected chi connectivity index (χ1v) is 8.85. The summed E-state index contributed by atoms with van der Waals surface area (Å²) in [7, 11) is -7.49. The molecule has 100 valence electrons. The molecule has 5 nitrogen and oxygen atoms in total. The lowest BCUT2D eigenvalue weighted by atomic mass is 10.1. The quantitative estimate of drug-likeness (QED) is 0.783. The number of sulfone groups is 2. The number of hydrogen-bond donors (Lipinski definition) is 0. The average molecular weight is 311 g/mol. The summed E-state index contributed by atoms with van der Waals surface area (Å²) in [6, 6.07) is 2.14. The van der Waals surface area contributed by atoms with Gasteiger partial charge in [-0.3, -0.25) is 4.79 Å². The van der Waals surface area contributed by atoms with Gasteiger partial charge in [-0.15, -0.1) is 0 Å². The molecule has 0 aliphatic rings. The smallest absolute Gasteiger partial charge is 0.252 e. The minimum Gasteiger partial charge on any atom is -0.276 e. The molecule has 0 atom stereocenters. The van der Waals surface area contributed by atoms with Crippen molar-refractivity contribution < 1.29 is 21.6 Å². The first kappa shape index (κ1) is 15.1. The van der Waals surface area contributed by atoms with Gasteiger partial charge in [0.2, 0.25) is 0 Å². The van der Waals surface area contributed by atoms with Gasteiger partial charge in [-0.2, -0.15) is 0 Å². The van der Waals surface area contributed by atoms with Crippen LogP contribution in [0.2, 0.25) is 0 Å². The minimum atomic E-state index is -3.78. The Balaban J connectivity index is 3.87. The second kappa shape index (κ2) is 4.64. The summed E-state index contributed by atoms with van der Waals surface area (Å²) in [5, 5.41) is -0.836. The van der Waals surface area contributed by atoms with Gasteiger partial charge in [-0.1, -0.05) is 0 Å². The second-order valence-electron chi connectivity index (χ2n) is 3.93. The Morgan fingerprint density at radius 3 is 1.72 bits per heavy atom. The van der Waals surface area contributed by atoms with Crippen LogP contribution in [-0.2, 0) is 19.7 Å². The molecule has 1 rings (SSSR count). The first-order valence-electron chi connectivity index (χ1n) is 4.69. The summed E-state index contributed by atoms with van der Waals surface area (Å²) < 4.78 is 46.2. The van der Waals surface area contributed by atoms with Crippen molar-refractivity contribution >= 4 is 36.5 Å². The van der Waals surface area contributed by atoms with Crippen molar-refractivity contribution in [1.82, 2.24) is 0 Å². The van der Waals surface area contributed by atoms with Crippen molar-refractivity contribution in [3.8, 4) is 0 Å². The molecule has 18 heavy (non-hydrogen) atoms. The Morgan fingerprint density at radius 1 is 1.00 bits per heavy atom. The molecule has 1 aromatic carbocycles. The van der Waals surface area contributed by atoms with E-state index in [0.717, 1.165) is 24.6 Å². The Bertz CT molecular complexity index is 717. The van der Waals surface area contributed by atoms with Gasteiger partial charge >= 0.3 is 0 Å². The fourth-order valence-electron chi connectivity index (χ4n) is 1.45. The lowest BCUT2D eigenvalue weighted by Gasteiger charge is -2.10. The highest BCUT2D eigenvalue weighted by atomic mass is 35.5. The summed E-state index contributed by atoms with van der Waals surface area (Å²) in [6.07, 6.45) is 1.77. The number of carbonyl (C=O) groups excluding carboxylic acids is 1. The topological polar surface area (TPSA) is 85.3 Å². The molecule has 8 heteroatoms. The monoisotopic (exact) mass is 310 g/mol. The van der Waals surface area contributed by atoms with E-state index in [1.54, 1.807) is 0 Å². The normalized spacial score (nSPS) is 12.4. The highest BCUT2D eigenvalue weighted by Crippen LogP contribution is 2.26. The molecule has 0 bridgehead atoms. The van der Waals surface area contributed by atoms with Gasteiger partial charge in [-0.25, -0.2) is 16.8 Å². The highest BCUT2D eigenvalue weighted by molar-refractivity contribution is 7.93. The zero-order valence-electron chi connectivity index (χ0n) is 9.89. The molecule has 0 aliphatic heterocycles. The van der Waals surface area contributed by atoms with E-state index in [1.807, 2.05) is 0 Å². The van der Waals surface area contributed by atoms with E-state index in [1.165, 1.54) is 6.92 Å². The van der Waals surface area contributed by atoms with Gasteiger partial charge in [0.05, 0.1) is 9.79 Å². The lowest BCUT2D eigenvalue weighted by molar-refractivity contribution is 0.108. The van der Waals surface area contributed by atoms with E-state index in [9.17, 15) is 21.6 Å². The number of benzene rings is 1. The highest BCUT2D eigenvalue weighted by Gasteiger charge is 2.23. The molecule has 0 heterocycles. The van der Waals surface area contributed by atoms with Crippen LogP contribution in [0.3, 0.4) is 0 Å². The van der Waals surface area contributed by atoms with E-state index < -0.39 is 29.8 Å². The Kier molecular flexibility index (Phi) is 3.90. The van der Waals surface area contributed by atoms with E-state index in [-0.39, 0.29) is 10.5 Å². The van der Waals surface area contributed by atoms with E-state index in [4.69, 9.17) is 11.6 Å². The van der Waals surface area contributed by atoms with Crippen LogP contribution in [0.5, 0.6) is 0 Å². The third-order valence-corrected chi connectivity index (χ3v) is 4.91. The number of aryl methyl sites for hydroxylation is 1. The molecule has 0 saturated heterocycles. The van der Waals surface area contributed by atoms with Crippen molar-refractivity contribution in [2.45, 2.75) is 16.7 Å². The third kappa shape index (κ3) is 3.09. The summed E-state index contributed by atoms with van der Waals surface area (Å²) in [4.78, 5) is 10.4. The summed E-state index contributed by atoms with van der Waals surface area (Å²) >= 11 is 5.31. The maximum absolute atomic E-state index is 11.6. The van der Waals surface area contributed by atoms with Gasteiger partial charge in [0.15, 0.2) is 19.7 Å². The summed E-state index contributed by atoms with van der Waals surface area (Å²) in [5.74, 6) is 0. The molecule has 0 N–H and O–H groups in total. The fourth-order valence-corrected chi connectivity index (χ4v) is 4.14. The molecule has 0 amide bonds. The zero-order valence-corrected chi connectivity index (χ0v) is 12.3. The van der Waals surface area contributed by atoms with Gasteiger partial charge in [0, 0.05) is 18.1 Å². The molecular weight excluding hydrogens is 300 g/mol. The maximum atomic E-state index is 11.6. The van der Waals surface area contributed by atoms with E-state index in [2.05, 4.69) is 0 Å². The van der Waals surface area contributed by atoms with Crippen LogP contribution in [0.1, 0.15) is 15.9 Å². The minimum absolute atomic E-state index is 0.0236. The van der Waals surface area contributed by atoms with Crippen molar-refractivity contribution in [3.05, 3.63) is 23.3 Å². The second-order valence-corrected chi connectivity index (χ2v) is 8.24. The molecule has 0 aromatic heterocycles. The maximum Gasteiger partial charge on any atom is 0.252 e. The lowest BCUT2D eigenvalue weighted by Crippen LogP contribution is -2.10. The van der Waals surface area contributed by atoms with Crippen LogP contribution in [0.15, 0.2) is 21.9 Å². The molecular formula is C10H11ClO5S2. The molecule has 1 aromatic rings. The first-order chi connectivity index (χ1) is 7.94. The average Bonchev–Trinajstić information content (AvgIpc) is 2.13. The number of rotatable bonds is 3. The predicted octanol–water partition coefficient (Wildman–Crippen LogP) is 1.18. The molecule has 0 radical (unpaired) electrons.